The fourth-order valence-corrected chi connectivity index (χ4v) is 1.99. The highest BCUT2D eigenvalue weighted by molar-refractivity contribution is 4.48. The van der Waals surface area contributed by atoms with Crippen molar-refractivity contribution in [2.45, 2.75) is 84.0 Å². The topological polar surface area (TPSA) is 38.5 Å². The Kier molecular flexibility index (Phi) is 16.8. The van der Waals surface area contributed by atoms with E-state index in [0.29, 0.717) is 0 Å². The monoisotopic (exact) mass is 257 g/mol. The predicted octanol–water partition coefficient (Wildman–Crippen LogP) is 4.66. The van der Waals surface area contributed by atoms with E-state index in [0.717, 1.165) is 19.8 Å². The van der Waals surface area contributed by atoms with Crippen LogP contribution in [0.15, 0.2) is 0 Å². The molecule has 18 heavy (non-hydrogen) atoms. The largest absolute Gasteiger partial charge is 0.377 e. The summed E-state index contributed by atoms with van der Waals surface area (Å²) in [7, 11) is 0. The molecule has 0 aromatic carbocycles. The third-order valence-electron chi connectivity index (χ3n) is 3.26. The lowest BCUT2D eigenvalue weighted by Gasteiger charge is -2.01. The lowest BCUT2D eigenvalue weighted by atomic mass is 10.1. The van der Waals surface area contributed by atoms with Crippen molar-refractivity contribution >= 4 is 0 Å². The standard InChI is InChI=1S/C14H31N.C2H4O/c1-2-3-4-5-6-7-8-9-10-11-12-13-14-15;1-2-3-1/h2-15H2,1H3;1-2H2. The molecule has 1 aliphatic rings. The zero-order valence-electron chi connectivity index (χ0n) is 12.6. The molecule has 0 radical (unpaired) electrons. The summed E-state index contributed by atoms with van der Waals surface area (Å²) in [5, 5.41) is 0. The third-order valence-corrected chi connectivity index (χ3v) is 3.26. The summed E-state index contributed by atoms with van der Waals surface area (Å²) in [5.41, 5.74) is 5.45. The SMILES string of the molecule is C1CO1.CCCCCCCCCCCCCCN. The molecule has 1 rings (SSSR count). The number of epoxide rings is 1. The molecule has 0 spiro atoms. The maximum absolute atomic E-state index is 5.45. The zero-order valence-corrected chi connectivity index (χ0v) is 12.6. The molecular weight excluding hydrogens is 222 g/mol. The molecule has 0 saturated carbocycles. The fraction of sp³-hybridized carbons (Fsp3) is 1.00. The molecule has 2 nitrogen and oxygen atoms in total. The van der Waals surface area contributed by atoms with Crippen molar-refractivity contribution in [1.82, 2.24) is 0 Å². The number of ether oxygens (including phenoxy) is 1. The van der Waals surface area contributed by atoms with Gasteiger partial charge in [0.1, 0.15) is 0 Å². The number of rotatable bonds is 12. The van der Waals surface area contributed by atoms with Crippen molar-refractivity contribution < 1.29 is 4.74 Å². The van der Waals surface area contributed by atoms with Crippen LogP contribution in [0.25, 0.3) is 0 Å². The van der Waals surface area contributed by atoms with E-state index >= 15 is 0 Å². The molecule has 0 aliphatic carbocycles. The van der Waals surface area contributed by atoms with E-state index in [-0.39, 0.29) is 0 Å². The fourth-order valence-electron chi connectivity index (χ4n) is 1.99. The van der Waals surface area contributed by atoms with Crippen molar-refractivity contribution in [1.29, 1.82) is 0 Å². The van der Waals surface area contributed by atoms with Crippen molar-refractivity contribution in [3.63, 3.8) is 0 Å². The van der Waals surface area contributed by atoms with Crippen molar-refractivity contribution in [3.05, 3.63) is 0 Å². The molecular formula is C16H35NO. The van der Waals surface area contributed by atoms with E-state index in [2.05, 4.69) is 11.7 Å². The van der Waals surface area contributed by atoms with Crippen LogP contribution in [0.1, 0.15) is 84.0 Å². The molecule has 0 aromatic rings. The molecule has 0 bridgehead atoms. The third kappa shape index (κ3) is 21.2. The molecule has 0 aromatic heterocycles. The first-order valence-electron chi connectivity index (χ1n) is 8.19. The van der Waals surface area contributed by atoms with Crippen LogP contribution in [-0.4, -0.2) is 19.8 Å². The van der Waals surface area contributed by atoms with Gasteiger partial charge in [0.2, 0.25) is 0 Å². The highest BCUT2D eigenvalue weighted by Gasteiger charge is 1.94. The van der Waals surface area contributed by atoms with E-state index in [9.17, 15) is 0 Å². The minimum Gasteiger partial charge on any atom is -0.377 e. The lowest BCUT2D eigenvalue weighted by molar-refractivity contribution is 0.475. The summed E-state index contributed by atoms with van der Waals surface area (Å²) in [6, 6.07) is 0. The van der Waals surface area contributed by atoms with E-state index in [4.69, 9.17) is 5.73 Å². The van der Waals surface area contributed by atoms with Gasteiger partial charge in [-0.2, -0.15) is 0 Å². The maximum atomic E-state index is 5.45. The lowest BCUT2D eigenvalue weighted by Crippen LogP contribution is -1.97. The summed E-state index contributed by atoms with van der Waals surface area (Å²) in [6.07, 6.45) is 16.9. The van der Waals surface area contributed by atoms with Gasteiger partial charge in [-0.05, 0) is 13.0 Å². The van der Waals surface area contributed by atoms with Gasteiger partial charge in [0.25, 0.3) is 0 Å². The van der Waals surface area contributed by atoms with E-state index in [1.165, 1.54) is 77.0 Å². The summed E-state index contributed by atoms with van der Waals surface area (Å²) in [5.74, 6) is 0. The Balaban J connectivity index is 0.000000827. The smallest absolute Gasteiger partial charge is 0.0701 e. The highest BCUT2D eigenvalue weighted by Crippen LogP contribution is 2.11. The molecule has 1 heterocycles. The van der Waals surface area contributed by atoms with Gasteiger partial charge in [-0.1, -0.05) is 77.6 Å². The number of hydrogen-bond donors (Lipinski definition) is 1. The van der Waals surface area contributed by atoms with Gasteiger partial charge in [0.05, 0.1) is 13.2 Å². The van der Waals surface area contributed by atoms with Crippen LogP contribution in [0.4, 0.5) is 0 Å². The van der Waals surface area contributed by atoms with Crippen LogP contribution in [-0.2, 0) is 4.74 Å². The Morgan fingerprint density at radius 2 is 1.00 bits per heavy atom. The van der Waals surface area contributed by atoms with Crippen LogP contribution in [0.2, 0.25) is 0 Å². The van der Waals surface area contributed by atoms with Crippen molar-refractivity contribution in [3.8, 4) is 0 Å². The van der Waals surface area contributed by atoms with Gasteiger partial charge in [-0.25, -0.2) is 0 Å². The maximum Gasteiger partial charge on any atom is 0.0701 e. The van der Waals surface area contributed by atoms with E-state index in [1.807, 2.05) is 0 Å². The minimum absolute atomic E-state index is 0.872. The van der Waals surface area contributed by atoms with Gasteiger partial charge in [-0.3, -0.25) is 0 Å². The zero-order chi connectivity index (χ0) is 13.3. The molecule has 0 amide bonds. The van der Waals surface area contributed by atoms with Crippen molar-refractivity contribution in [2.24, 2.45) is 5.73 Å². The molecule has 1 fully saturated rings. The molecule has 0 atom stereocenters. The van der Waals surface area contributed by atoms with Crippen LogP contribution in [0.5, 0.6) is 0 Å². The summed E-state index contributed by atoms with van der Waals surface area (Å²) in [4.78, 5) is 0. The average molecular weight is 257 g/mol. The molecule has 110 valence electrons. The van der Waals surface area contributed by atoms with Gasteiger partial charge >= 0.3 is 0 Å². The normalized spacial score (nSPS) is 13.0. The Morgan fingerprint density at radius 1 is 0.667 bits per heavy atom. The van der Waals surface area contributed by atoms with E-state index < -0.39 is 0 Å². The van der Waals surface area contributed by atoms with Gasteiger partial charge < -0.3 is 10.5 Å². The second-order valence-electron chi connectivity index (χ2n) is 5.29. The predicted molar refractivity (Wildman–Crippen MR) is 81.0 cm³/mol. The first-order valence-corrected chi connectivity index (χ1v) is 8.19. The molecule has 0 unspecified atom stereocenters. The summed E-state index contributed by atoms with van der Waals surface area (Å²) < 4.78 is 4.50. The van der Waals surface area contributed by atoms with Crippen LogP contribution >= 0.6 is 0 Å². The van der Waals surface area contributed by atoms with Crippen LogP contribution < -0.4 is 5.73 Å². The average Bonchev–Trinajstić information content (AvgIpc) is 3.24. The Hall–Kier alpha value is -0.0800. The number of unbranched alkanes of at least 4 members (excludes halogenated alkanes) is 11. The van der Waals surface area contributed by atoms with Gasteiger partial charge in [0.15, 0.2) is 0 Å². The Bertz CT molecular complexity index is 122. The molecule has 1 saturated heterocycles. The number of hydrogen-bond acceptors (Lipinski definition) is 2. The molecule has 1 aliphatic heterocycles. The van der Waals surface area contributed by atoms with Crippen molar-refractivity contribution in [2.75, 3.05) is 19.8 Å². The highest BCUT2D eigenvalue weighted by atomic mass is 16.6. The minimum atomic E-state index is 0.872. The van der Waals surface area contributed by atoms with E-state index in [1.54, 1.807) is 0 Å². The summed E-state index contributed by atoms with van der Waals surface area (Å²) in [6.45, 7) is 5.15. The van der Waals surface area contributed by atoms with Gasteiger partial charge in [0, 0.05) is 0 Å². The first kappa shape index (κ1) is 17.9. The summed E-state index contributed by atoms with van der Waals surface area (Å²) >= 11 is 0. The first-order chi connectivity index (χ1) is 8.91. The number of nitrogens with two attached hydrogens (primary N) is 1. The van der Waals surface area contributed by atoms with Crippen LogP contribution in [0.3, 0.4) is 0 Å². The second kappa shape index (κ2) is 16.9. The second-order valence-corrected chi connectivity index (χ2v) is 5.29. The Labute approximate surface area is 115 Å². The Morgan fingerprint density at radius 3 is 1.28 bits per heavy atom. The molecule has 2 heteroatoms. The quantitative estimate of drug-likeness (QED) is 0.408. The van der Waals surface area contributed by atoms with Crippen LogP contribution in [0, 0.1) is 0 Å². The molecule has 2 N–H and O–H groups in total. The van der Waals surface area contributed by atoms with Gasteiger partial charge in [-0.15, -0.1) is 0 Å².